The largest absolute Gasteiger partial charge is 0.329 e. The lowest BCUT2D eigenvalue weighted by molar-refractivity contribution is 0.149. The number of piperidine rings is 1. The Balaban J connectivity index is 1.38. The summed E-state index contributed by atoms with van der Waals surface area (Å²) >= 11 is 0. The molecule has 3 aromatic rings. The summed E-state index contributed by atoms with van der Waals surface area (Å²) in [7, 11) is 0. The maximum Gasteiger partial charge on any atom is 0.137 e. The van der Waals surface area contributed by atoms with E-state index in [2.05, 4.69) is 61.1 Å². The van der Waals surface area contributed by atoms with Crippen LogP contribution in [-0.4, -0.2) is 42.3 Å². The SMILES string of the molecule is c1ccc(Cn2ccnc2CN2CCC[C@H](Cn3cncn3)C2)cc1. The zero-order chi connectivity index (χ0) is 16.9. The van der Waals surface area contributed by atoms with Crippen molar-refractivity contribution in [3.63, 3.8) is 0 Å². The molecule has 0 spiro atoms. The van der Waals surface area contributed by atoms with Crippen LogP contribution in [0.5, 0.6) is 0 Å². The molecule has 4 rings (SSSR count). The number of imidazole rings is 1. The van der Waals surface area contributed by atoms with Gasteiger partial charge in [-0.1, -0.05) is 30.3 Å². The highest BCUT2D eigenvalue weighted by atomic mass is 15.3. The van der Waals surface area contributed by atoms with E-state index in [-0.39, 0.29) is 0 Å². The first kappa shape index (κ1) is 16.0. The van der Waals surface area contributed by atoms with Crippen molar-refractivity contribution in [3.8, 4) is 0 Å². The van der Waals surface area contributed by atoms with Gasteiger partial charge in [0.15, 0.2) is 0 Å². The number of rotatable bonds is 6. The van der Waals surface area contributed by atoms with Crippen LogP contribution in [0.1, 0.15) is 24.2 Å². The number of likely N-dealkylation sites (tertiary alicyclic amines) is 1. The average Bonchev–Trinajstić information content (AvgIpc) is 3.29. The molecule has 1 aliphatic rings. The Morgan fingerprint density at radius 2 is 2.04 bits per heavy atom. The average molecular weight is 336 g/mol. The van der Waals surface area contributed by atoms with Crippen molar-refractivity contribution in [3.05, 3.63) is 66.8 Å². The van der Waals surface area contributed by atoms with Gasteiger partial charge in [0.1, 0.15) is 18.5 Å². The molecule has 0 amide bonds. The highest BCUT2D eigenvalue weighted by molar-refractivity contribution is 5.15. The Labute approximate surface area is 148 Å². The zero-order valence-electron chi connectivity index (χ0n) is 14.4. The van der Waals surface area contributed by atoms with Crippen molar-refractivity contribution in [2.24, 2.45) is 5.92 Å². The van der Waals surface area contributed by atoms with Gasteiger partial charge in [0.05, 0.1) is 6.54 Å². The molecule has 130 valence electrons. The van der Waals surface area contributed by atoms with Gasteiger partial charge < -0.3 is 4.57 Å². The summed E-state index contributed by atoms with van der Waals surface area (Å²) in [6.07, 6.45) is 9.91. The van der Waals surface area contributed by atoms with Crippen molar-refractivity contribution in [1.29, 1.82) is 0 Å². The Hall–Kier alpha value is -2.47. The van der Waals surface area contributed by atoms with E-state index in [0.717, 1.165) is 38.5 Å². The molecule has 0 radical (unpaired) electrons. The van der Waals surface area contributed by atoms with Gasteiger partial charge >= 0.3 is 0 Å². The normalized spacial score (nSPS) is 18.5. The van der Waals surface area contributed by atoms with Crippen molar-refractivity contribution in [1.82, 2.24) is 29.2 Å². The molecule has 0 aliphatic carbocycles. The summed E-state index contributed by atoms with van der Waals surface area (Å²) < 4.78 is 4.21. The first-order chi connectivity index (χ1) is 12.4. The molecule has 0 saturated carbocycles. The van der Waals surface area contributed by atoms with Crippen LogP contribution in [0.25, 0.3) is 0 Å². The van der Waals surface area contributed by atoms with Crippen LogP contribution in [0, 0.1) is 5.92 Å². The van der Waals surface area contributed by atoms with Gasteiger partial charge in [-0.15, -0.1) is 0 Å². The third kappa shape index (κ3) is 4.14. The topological polar surface area (TPSA) is 51.8 Å². The Morgan fingerprint density at radius 3 is 2.88 bits per heavy atom. The molecule has 0 unspecified atom stereocenters. The fourth-order valence-electron chi connectivity index (χ4n) is 3.65. The van der Waals surface area contributed by atoms with Gasteiger partial charge in [0.25, 0.3) is 0 Å². The lowest BCUT2D eigenvalue weighted by Gasteiger charge is -2.32. The van der Waals surface area contributed by atoms with E-state index >= 15 is 0 Å². The van der Waals surface area contributed by atoms with Gasteiger partial charge in [0.2, 0.25) is 0 Å². The van der Waals surface area contributed by atoms with E-state index in [1.807, 2.05) is 17.2 Å². The fourth-order valence-corrected chi connectivity index (χ4v) is 3.65. The maximum atomic E-state index is 4.60. The van der Waals surface area contributed by atoms with Crippen LogP contribution < -0.4 is 0 Å². The molecule has 0 bridgehead atoms. The summed E-state index contributed by atoms with van der Waals surface area (Å²) in [6.45, 7) is 4.99. The van der Waals surface area contributed by atoms with Crippen molar-refractivity contribution in [2.75, 3.05) is 13.1 Å². The molecule has 2 aromatic heterocycles. The smallest absolute Gasteiger partial charge is 0.137 e. The van der Waals surface area contributed by atoms with Crippen LogP contribution in [0.2, 0.25) is 0 Å². The van der Waals surface area contributed by atoms with E-state index < -0.39 is 0 Å². The monoisotopic (exact) mass is 336 g/mol. The van der Waals surface area contributed by atoms with Gasteiger partial charge in [0, 0.05) is 32.0 Å². The fraction of sp³-hybridized carbons (Fsp3) is 0.421. The van der Waals surface area contributed by atoms with E-state index in [4.69, 9.17) is 0 Å². The van der Waals surface area contributed by atoms with E-state index in [0.29, 0.717) is 5.92 Å². The summed E-state index contributed by atoms with van der Waals surface area (Å²) in [6, 6.07) is 10.6. The molecule has 1 atom stereocenters. The Bertz CT molecular complexity index is 764. The minimum absolute atomic E-state index is 0.632. The third-order valence-corrected chi connectivity index (χ3v) is 4.88. The standard InChI is InChI=1S/C19H24N6/c1-2-5-17(6-3-1)12-24-10-8-21-19(24)14-23-9-4-7-18(11-23)13-25-16-20-15-22-25/h1-3,5-6,8,10,15-16,18H,4,7,9,11-14H2/t18-/m0/s1. The molecule has 6 nitrogen and oxygen atoms in total. The molecule has 0 N–H and O–H groups in total. The molecular formula is C19H24N6. The van der Waals surface area contributed by atoms with Crippen LogP contribution in [0.3, 0.4) is 0 Å². The van der Waals surface area contributed by atoms with E-state index in [9.17, 15) is 0 Å². The zero-order valence-corrected chi connectivity index (χ0v) is 14.4. The number of hydrogen-bond acceptors (Lipinski definition) is 4. The van der Waals surface area contributed by atoms with E-state index in [1.165, 1.54) is 18.4 Å². The Morgan fingerprint density at radius 1 is 1.12 bits per heavy atom. The maximum absolute atomic E-state index is 4.60. The molecule has 1 aliphatic heterocycles. The predicted octanol–water partition coefficient (Wildman–Crippen LogP) is 2.44. The van der Waals surface area contributed by atoms with Crippen molar-refractivity contribution in [2.45, 2.75) is 32.5 Å². The molecule has 6 heteroatoms. The van der Waals surface area contributed by atoms with Gasteiger partial charge in [-0.05, 0) is 30.9 Å². The van der Waals surface area contributed by atoms with Crippen LogP contribution in [0.4, 0.5) is 0 Å². The molecule has 1 saturated heterocycles. The van der Waals surface area contributed by atoms with E-state index in [1.54, 1.807) is 6.33 Å². The van der Waals surface area contributed by atoms with Crippen LogP contribution in [-0.2, 0) is 19.6 Å². The molecule has 1 fully saturated rings. The first-order valence-electron chi connectivity index (χ1n) is 8.95. The molecule has 25 heavy (non-hydrogen) atoms. The number of benzene rings is 1. The summed E-state index contributed by atoms with van der Waals surface area (Å²) in [5.74, 6) is 1.78. The quantitative estimate of drug-likeness (QED) is 0.694. The summed E-state index contributed by atoms with van der Waals surface area (Å²) in [5, 5.41) is 4.24. The van der Waals surface area contributed by atoms with Crippen molar-refractivity contribution < 1.29 is 0 Å². The second kappa shape index (κ2) is 7.61. The lowest BCUT2D eigenvalue weighted by atomic mass is 9.98. The van der Waals surface area contributed by atoms with Gasteiger partial charge in [-0.3, -0.25) is 9.58 Å². The second-order valence-corrected chi connectivity index (χ2v) is 6.82. The van der Waals surface area contributed by atoms with Gasteiger partial charge in [-0.25, -0.2) is 9.97 Å². The number of nitrogens with zero attached hydrogens (tertiary/aromatic N) is 6. The summed E-state index contributed by atoms with van der Waals surface area (Å²) in [5.41, 5.74) is 1.31. The minimum Gasteiger partial charge on any atom is -0.329 e. The van der Waals surface area contributed by atoms with Gasteiger partial charge in [-0.2, -0.15) is 5.10 Å². The minimum atomic E-state index is 0.632. The second-order valence-electron chi connectivity index (χ2n) is 6.82. The predicted molar refractivity (Wildman–Crippen MR) is 95.8 cm³/mol. The van der Waals surface area contributed by atoms with Crippen molar-refractivity contribution >= 4 is 0 Å². The highest BCUT2D eigenvalue weighted by Gasteiger charge is 2.21. The molecule has 3 heterocycles. The number of aromatic nitrogens is 5. The Kier molecular flexibility index (Phi) is 4.88. The van der Waals surface area contributed by atoms with Crippen LogP contribution in [0.15, 0.2) is 55.4 Å². The number of hydrogen-bond donors (Lipinski definition) is 0. The van der Waals surface area contributed by atoms with Crippen LogP contribution >= 0.6 is 0 Å². The third-order valence-electron chi connectivity index (χ3n) is 4.88. The lowest BCUT2D eigenvalue weighted by Crippen LogP contribution is -2.37. The molecular weight excluding hydrogens is 312 g/mol. The first-order valence-corrected chi connectivity index (χ1v) is 8.95. The summed E-state index contributed by atoms with van der Waals surface area (Å²) in [4.78, 5) is 11.2. The molecule has 1 aromatic carbocycles. The highest BCUT2D eigenvalue weighted by Crippen LogP contribution is 2.20.